The summed E-state index contributed by atoms with van der Waals surface area (Å²) in [6.45, 7) is 3.11. The maximum absolute atomic E-state index is 12.9. The predicted octanol–water partition coefficient (Wildman–Crippen LogP) is 2.11. The summed E-state index contributed by atoms with van der Waals surface area (Å²) in [5.74, 6) is 2.48. The molecule has 0 spiro atoms. The number of imidazole rings is 1. The molecule has 6 heteroatoms. The van der Waals surface area contributed by atoms with Crippen molar-refractivity contribution in [2.75, 3.05) is 6.54 Å². The van der Waals surface area contributed by atoms with Gasteiger partial charge in [-0.25, -0.2) is 4.98 Å². The molecule has 6 nitrogen and oxygen atoms in total. The van der Waals surface area contributed by atoms with Crippen LogP contribution in [0.4, 0.5) is 0 Å². The molecule has 5 rings (SSSR count). The molecule has 142 valence electrons. The van der Waals surface area contributed by atoms with Gasteiger partial charge in [-0.2, -0.15) is 0 Å². The normalized spacial score (nSPS) is 33.0. The first kappa shape index (κ1) is 17.6. The van der Waals surface area contributed by atoms with Crippen LogP contribution in [0.2, 0.25) is 0 Å². The Morgan fingerprint density at radius 3 is 2.42 bits per heavy atom. The van der Waals surface area contributed by atoms with Gasteiger partial charge in [0.2, 0.25) is 11.8 Å². The molecule has 0 radical (unpaired) electrons. The van der Waals surface area contributed by atoms with E-state index in [0.29, 0.717) is 19.5 Å². The molecule has 4 aliphatic rings. The minimum absolute atomic E-state index is 0.0107. The first-order valence-electron chi connectivity index (χ1n) is 10.1. The van der Waals surface area contributed by atoms with Crippen LogP contribution in [0.25, 0.3) is 0 Å². The van der Waals surface area contributed by atoms with E-state index >= 15 is 0 Å². The van der Waals surface area contributed by atoms with Crippen LogP contribution >= 0.6 is 0 Å². The molecule has 26 heavy (non-hydrogen) atoms. The molecular formula is C20H30N4O2. The Morgan fingerprint density at radius 2 is 1.85 bits per heavy atom. The summed E-state index contributed by atoms with van der Waals surface area (Å²) in [5.41, 5.74) is -0.125. The molecule has 2 N–H and O–H groups in total. The third kappa shape index (κ3) is 3.64. The van der Waals surface area contributed by atoms with Crippen LogP contribution in [0, 0.1) is 23.2 Å². The molecule has 4 saturated carbocycles. The van der Waals surface area contributed by atoms with Crippen molar-refractivity contribution < 1.29 is 9.59 Å². The van der Waals surface area contributed by atoms with E-state index in [0.717, 1.165) is 37.0 Å². The van der Waals surface area contributed by atoms with Crippen molar-refractivity contribution in [2.45, 2.75) is 64.5 Å². The number of carbonyl (C=O) groups excluding carboxylic acids is 2. The lowest BCUT2D eigenvalue weighted by Gasteiger charge is -2.55. The molecule has 0 aromatic carbocycles. The zero-order chi connectivity index (χ0) is 18.1. The van der Waals surface area contributed by atoms with E-state index in [1.54, 1.807) is 12.5 Å². The van der Waals surface area contributed by atoms with Crippen LogP contribution in [-0.2, 0) is 16.1 Å². The van der Waals surface area contributed by atoms with Gasteiger partial charge in [-0.1, -0.05) is 0 Å². The molecule has 0 aliphatic heterocycles. The first-order valence-corrected chi connectivity index (χ1v) is 10.1. The molecule has 2 amide bonds. The van der Waals surface area contributed by atoms with Crippen LogP contribution in [-0.4, -0.2) is 34.0 Å². The van der Waals surface area contributed by atoms with Gasteiger partial charge in [0.1, 0.15) is 0 Å². The fraction of sp³-hybridized carbons (Fsp3) is 0.750. The minimum atomic E-state index is -0.125. The van der Waals surface area contributed by atoms with Gasteiger partial charge in [-0.05, 0) is 63.2 Å². The monoisotopic (exact) mass is 358 g/mol. The van der Waals surface area contributed by atoms with Gasteiger partial charge in [0, 0.05) is 43.4 Å². The van der Waals surface area contributed by atoms with Gasteiger partial charge in [0.25, 0.3) is 0 Å². The van der Waals surface area contributed by atoms with Crippen molar-refractivity contribution in [1.29, 1.82) is 0 Å². The maximum Gasteiger partial charge on any atom is 0.226 e. The Labute approximate surface area is 155 Å². The molecule has 0 saturated heterocycles. The van der Waals surface area contributed by atoms with Crippen molar-refractivity contribution in [3.05, 3.63) is 18.7 Å². The van der Waals surface area contributed by atoms with E-state index in [-0.39, 0.29) is 23.3 Å². The molecule has 0 unspecified atom stereocenters. The molecule has 4 fully saturated rings. The average molecular weight is 358 g/mol. The number of amides is 2. The highest BCUT2D eigenvalue weighted by Gasteiger charge is 2.54. The lowest BCUT2D eigenvalue weighted by molar-refractivity contribution is -0.146. The Bertz CT molecular complexity index is 619. The maximum atomic E-state index is 12.9. The van der Waals surface area contributed by atoms with E-state index in [9.17, 15) is 9.59 Å². The number of nitrogens with one attached hydrogen (secondary N) is 2. The van der Waals surface area contributed by atoms with Crippen LogP contribution in [0.3, 0.4) is 0 Å². The summed E-state index contributed by atoms with van der Waals surface area (Å²) < 4.78 is 1.94. The second-order valence-corrected chi connectivity index (χ2v) is 8.93. The third-order valence-electron chi connectivity index (χ3n) is 6.61. The highest BCUT2D eigenvalue weighted by Crippen LogP contribution is 2.60. The summed E-state index contributed by atoms with van der Waals surface area (Å²) >= 11 is 0. The van der Waals surface area contributed by atoms with Gasteiger partial charge in [-0.15, -0.1) is 0 Å². The van der Waals surface area contributed by atoms with Gasteiger partial charge in [0.15, 0.2) is 0 Å². The van der Waals surface area contributed by atoms with Gasteiger partial charge < -0.3 is 15.2 Å². The summed E-state index contributed by atoms with van der Waals surface area (Å²) in [4.78, 5) is 29.0. The van der Waals surface area contributed by atoms with Crippen LogP contribution in [0.5, 0.6) is 0 Å². The number of aromatic nitrogens is 2. The number of nitrogens with zero attached hydrogens (tertiary/aromatic N) is 2. The number of hydrogen-bond donors (Lipinski definition) is 2. The Hall–Kier alpha value is -1.85. The molecule has 4 bridgehead atoms. The van der Waals surface area contributed by atoms with Crippen molar-refractivity contribution in [3.63, 3.8) is 0 Å². The topological polar surface area (TPSA) is 76.0 Å². The zero-order valence-electron chi connectivity index (χ0n) is 15.6. The second-order valence-electron chi connectivity index (χ2n) is 8.93. The molecule has 1 atom stereocenters. The number of rotatable bonds is 7. The van der Waals surface area contributed by atoms with Gasteiger partial charge in [0.05, 0.1) is 6.33 Å². The quantitative estimate of drug-likeness (QED) is 0.784. The fourth-order valence-corrected chi connectivity index (χ4v) is 5.97. The molecule has 1 aromatic rings. The summed E-state index contributed by atoms with van der Waals surface area (Å²) in [7, 11) is 0. The second kappa shape index (κ2) is 7.05. The largest absolute Gasteiger partial charge is 0.355 e. The van der Waals surface area contributed by atoms with Crippen LogP contribution in [0.15, 0.2) is 18.7 Å². The van der Waals surface area contributed by atoms with Crippen molar-refractivity contribution in [1.82, 2.24) is 20.2 Å². The molecule has 4 aliphatic carbocycles. The smallest absolute Gasteiger partial charge is 0.226 e. The van der Waals surface area contributed by atoms with E-state index in [1.807, 2.05) is 17.7 Å². The minimum Gasteiger partial charge on any atom is -0.355 e. The summed E-state index contributed by atoms with van der Waals surface area (Å²) in [6, 6.07) is 0.0376. The molecule has 1 aromatic heterocycles. The molecular weight excluding hydrogens is 328 g/mol. The first-order chi connectivity index (χ1) is 12.5. The third-order valence-corrected chi connectivity index (χ3v) is 6.61. The van der Waals surface area contributed by atoms with Gasteiger partial charge >= 0.3 is 0 Å². The Morgan fingerprint density at radius 1 is 1.19 bits per heavy atom. The van der Waals surface area contributed by atoms with Crippen LogP contribution < -0.4 is 10.6 Å². The Balaban J connectivity index is 1.21. The lowest BCUT2D eigenvalue weighted by atomic mass is 9.49. The SMILES string of the molecule is C[C@H](Cn1ccnc1)NC(=O)CCNC(=O)C12CC3CC(CC(C3)C1)C2. The molecule has 1 heterocycles. The van der Waals surface area contributed by atoms with Crippen molar-refractivity contribution in [3.8, 4) is 0 Å². The van der Waals surface area contributed by atoms with Crippen molar-refractivity contribution >= 4 is 11.8 Å². The Kier molecular flexibility index (Phi) is 4.76. The van der Waals surface area contributed by atoms with E-state index in [4.69, 9.17) is 0 Å². The average Bonchev–Trinajstić information content (AvgIpc) is 3.06. The lowest BCUT2D eigenvalue weighted by Crippen LogP contribution is -2.53. The van der Waals surface area contributed by atoms with Gasteiger partial charge in [-0.3, -0.25) is 9.59 Å². The summed E-state index contributed by atoms with van der Waals surface area (Å²) in [5, 5.41) is 6.06. The number of hydrogen-bond acceptors (Lipinski definition) is 3. The number of carbonyl (C=O) groups is 2. The summed E-state index contributed by atoms with van der Waals surface area (Å²) in [6.07, 6.45) is 12.9. The van der Waals surface area contributed by atoms with E-state index in [2.05, 4.69) is 15.6 Å². The van der Waals surface area contributed by atoms with E-state index in [1.165, 1.54) is 19.3 Å². The van der Waals surface area contributed by atoms with E-state index < -0.39 is 0 Å². The predicted molar refractivity (Wildman–Crippen MR) is 98.1 cm³/mol. The highest BCUT2D eigenvalue weighted by molar-refractivity contribution is 5.84. The van der Waals surface area contributed by atoms with Crippen molar-refractivity contribution in [2.24, 2.45) is 23.2 Å². The van der Waals surface area contributed by atoms with Crippen LogP contribution in [0.1, 0.15) is 51.9 Å². The fourth-order valence-electron chi connectivity index (χ4n) is 5.97. The zero-order valence-corrected chi connectivity index (χ0v) is 15.6. The standard InChI is InChI=1S/C20H30N4O2/c1-14(12-24-5-4-21-13-24)23-18(25)2-3-22-19(26)20-9-15-6-16(10-20)8-17(7-15)11-20/h4-5,13-17H,2-3,6-12H2,1H3,(H,22,26)(H,23,25)/t14-,15?,16?,17?,20?/m1/s1. The highest BCUT2D eigenvalue weighted by atomic mass is 16.2.